The topological polar surface area (TPSA) is 105 Å². The zero-order chi connectivity index (χ0) is 21.7. The predicted octanol–water partition coefficient (Wildman–Crippen LogP) is 3.18. The summed E-state index contributed by atoms with van der Waals surface area (Å²) in [5, 5.41) is 17.5. The monoisotopic (exact) mass is 410 g/mol. The van der Waals surface area contributed by atoms with Gasteiger partial charge in [-0.05, 0) is 37.0 Å². The minimum absolute atomic E-state index is 0.0532. The van der Waals surface area contributed by atoms with Crippen molar-refractivity contribution in [3.63, 3.8) is 0 Å². The van der Waals surface area contributed by atoms with E-state index in [4.69, 9.17) is 0 Å². The Morgan fingerprint density at radius 2 is 1.80 bits per heavy atom. The number of hydrogen-bond acceptors (Lipinski definition) is 5. The van der Waals surface area contributed by atoms with Crippen LogP contribution in [0.5, 0.6) is 0 Å². The molecule has 1 fully saturated rings. The molecule has 158 valence electrons. The summed E-state index contributed by atoms with van der Waals surface area (Å²) in [5.74, 6) is -0.306. The number of benzene rings is 2. The summed E-state index contributed by atoms with van der Waals surface area (Å²) in [6.07, 6.45) is 1.47. The maximum atomic E-state index is 13.2. The maximum Gasteiger partial charge on any atom is 0.293 e. The number of nitrogens with one attached hydrogen (secondary N) is 2. The van der Waals surface area contributed by atoms with E-state index in [9.17, 15) is 19.7 Å². The van der Waals surface area contributed by atoms with Gasteiger partial charge in [-0.15, -0.1) is 0 Å². The van der Waals surface area contributed by atoms with Gasteiger partial charge >= 0.3 is 0 Å². The summed E-state index contributed by atoms with van der Waals surface area (Å²) in [6.45, 7) is 4.60. The number of aryl methyl sites for hydroxylation is 1. The molecule has 8 heteroatoms. The average Bonchev–Trinajstić information content (AvgIpc) is 2.74. The van der Waals surface area contributed by atoms with E-state index in [1.807, 2.05) is 30.3 Å². The lowest BCUT2D eigenvalue weighted by Crippen LogP contribution is -2.47. The molecule has 2 aromatic carbocycles. The van der Waals surface area contributed by atoms with E-state index < -0.39 is 11.0 Å². The van der Waals surface area contributed by atoms with Crippen LogP contribution in [0.3, 0.4) is 0 Å². The first-order valence-corrected chi connectivity index (χ1v) is 9.97. The Morgan fingerprint density at radius 3 is 2.40 bits per heavy atom. The van der Waals surface area contributed by atoms with Crippen LogP contribution in [-0.2, 0) is 9.59 Å². The van der Waals surface area contributed by atoms with Crippen LogP contribution in [0, 0.1) is 17.0 Å². The SMILES string of the molecule is CC(=O)N1CCC(N[C@@H](C(=O)Nc2ccc(C)cc2[N+](=O)[O-])c2ccccc2)CC1. The zero-order valence-electron chi connectivity index (χ0n) is 17.1. The second-order valence-corrected chi connectivity index (χ2v) is 7.56. The number of nitro groups is 1. The largest absolute Gasteiger partial charge is 0.343 e. The van der Waals surface area contributed by atoms with Crippen molar-refractivity contribution >= 4 is 23.2 Å². The molecule has 1 aliphatic heterocycles. The third-order valence-electron chi connectivity index (χ3n) is 5.35. The number of rotatable bonds is 6. The molecule has 0 aromatic heterocycles. The highest BCUT2D eigenvalue weighted by Crippen LogP contribution is 2.27. The highest BCUT2D eigenvalue weighted by Gasteiger charge is 2.28. The molecule has 2 aromatic rings. The van der Waals surface area contributed by atoms with Crippen LogP contribution >= 0.6 is 0 Å². The first kappa shape index (κ1) is 21.4. The van der Waals surface area contributed by atoms with Crippen molar-refractivity contribution in [2.75, 3.05) is 18.4 Å². The van der Waals surface area contributed by atoms with Crippen molar-refractivity contribution in [2.24, 2.45) is 0 Å². The molecule has 0 unspecified atom stereocenters. The molecule has 0 saturated carbocycles. The smallest absolute Gasteiger partial charge is 0.293 e. The van der Waals surface area contributed by atoms with E-state index in [-0.39, 0.29) is 29.2 Å². The van der Waals surface area contributed by atoms with E-state index in [1.54, 1.807) is 30.9 Å². The Bertz CT molecular complexity index is 924. The summed E-state index contributed by atoms with van der Waals surface area (Å²) in [6, 6.07) is 13.4. The van der Waals surface area contributed by atoms with Gasteiger partial charge in [0.2, 0.25) is 11.8 Å². The van der Waals surface area contributed by atoms with Gasteiger partial charge in [-0.1, -0.05) is 36.4 Å². The van der Waals surface area contributed by atoms with E-state index in [1.165, 1.54) is 6.07 Å². The van der Waals surface area contributed by atoms with Gasteiger partial charge in [-0.3, -0.25) is 25.0 Å². The fraction of sp³-hybridized carbons (Fsp3) is 0.364. The van der Waals surface area contributed by atoms with Crippen LogP contribution in [0.15, 0.2) is 48.5 Å². The van der Waals surface area contributed by atoms with Crippen molar-refractivity contribution in [1.29, 1.82) is 0 Å². The second kappa shape index (κ2) is 9.49. The number of anilines is 1. The van der Waals surface area contributed by atoms with Crippen LogP contribution in [0.4, 0.5) is 11.4 Å². The summed E-state index contributed by atoms with van der Waals surface area (Å²) >= 11 is 0. The van der Waals surface area contributed by atoms with Gasteiger partial charge in [0.15, 0.2) is 0 Å². The van der Waals surface area contributed by atoms with Crippen LogP contribution in [0.1, 0.15) is 36.9 Å². The van der Waals surface area contributed by atoms with Crippen molar-refractivity contribution in [2.45, 2.75) is 38.8 Å². The lowest BCUT2D eigenvalue weighted by molar-refractivity contribution is -0.384. The standard InChI is InChI=1S/C22H26N4O4/c1-15-8-9-19(20(14-15)26(29)30)24-22(28)21(17-6-4-3-5-7-17)23-18-10-12-25(13-11-18)16(2)27/h3-9,14,18,21,23H,10-13H2,1-2H3,(H,24,28)/t21-/m1/s1. The molecule has 1 atom stereocenters. The predicted molar refractivity (Wildman–Crippen MR) is 114 cm³/mol. The first-order valence-electron chi connectivity index (χ1n) is 9.97. The van der Waals surface area contributed by atoms with Crippen LogP contribution in [0.25, 0.3) is 0 Å². The Labute approximate surface area is 175 Å². The Morgan fingerprint density at radius 1 is 1.13 bits per heavy atom. The Kier molecular flexibility index (Phi) is 6.79. The summed E-state index contributed by atoms with van der Waals surface area (Å²) in [5.41, 5.74) is 1.56. The Hall–Kier alpha value is -3.26. The van der Waals surface area contributed by atoms with Crippen LogP contribution < -0.4 is 10.6 Å². The quantitative estimate of drug-likeness (QED) is 0.562. The van der Waals surface area contributed by atoms with Gasteiger partial charge in [0, 0.05) is 32.1 Å². The number of hydrogen-bond donors (Lipinski definition) is 2. The van der Waals surface area contributed by atoms with E-state index in [0.717, 1.165) is 24.0 Å². The van der Waals surface area contributed by atoms with Crippen molar-refractivity contribution in [1.82, 2.24) is 10.2 Å². The van der Waals surface area contributed by atoms with Crippen LogP contribution in [-0.4, -0.2) is 40.8 Å². The molecule has 1 aliphatic rings. The number of carbonyl (C=O) groups is 2. The summed E-state index contributed by atoms with van der Waals surface area (Å²) in [4.78, 5) is 37.4. The summed E-state index contributed by atoms with van der Waals surface area (Å²) in [7, 11) is 0. The number of nitro benzene ring substituents is 1. The Balaban J connectivity index is 1.79. The van der Waals surface area contributed by atoms with Crippen molar-refractivity contribution < 1.29 is 14.5 Å². The molecular weight excluding hydrogens is 384 g/mol. The molecule has 1 saturated heterocycles. The first-order chi connectivity index (χ1) is 14.3. The number of piperidine rings is 1. The average molecular weight is 410 g/mol. The molecule has 0 spiro atoms. The molecule has 1 heterocycles. The normalized spacial score (nSPS) is 15.5. The molecule has 8 nitrogen and oxygen atoms in total. The highest BCUT2D eigenvalue weighted by atomic mass is 16.6. The molecule has 30 heavy (non-hydrogen) atoms. The third-order valence-corrected chi connectivity index (χ3v) is 5.35. The second-order valence-electron chi connectivity index (χ2n) is 7.56. The molecule has 2 N–H and O–H groups in total. The molecule has 3 rings (SSSR count). The van der Waals surface area contributed by atoms with E-state index in [2.05, 4.69) is 10.6 Å². The highest BCUT2D eigenvalue weighted by molar-refractivity contribution is 5.97. The molecular formula is C22H26N4O4. The minimum atomic E-state index is -0.666. The molecule has 2 amide bonds. The van der Waals surface area contributed by atoms with Gasteiger partial charge in [-0.2, -0.15) is 0 Å². The van der Waals surface area contributed by atoms with Gasteiger partial charge < -0.3 is 10.2 Å². The lowest BCUT2D eigenvalue weighted by atomic mass is 10.00. The van der Waals surface area contributed by atoms with Gasteiger partial charge in [0.1, 0.15) is 11.7 Å². The van der Waals surface area contributed by atoms with E-state index >= 15 is 0 Å². The van der Waals surface area contributed by atoms with Gasteiger partial charge in [0.25, 0.3) is 5.69 Å². The fourth-order valence-electron chi connectivity index (χ4n) is 3.67. The van der Waals surface area contributed by atoms with Crippen molar-refractivity contribution in [3.8, 4) is 0 Å². The van der Waals surface area contributed by atoms with Gasteiger partial charge in [-0.25, -0.2) is 0 Å². The summed E-state index contributed by atoms with van der Waals surface area (Å²) < 4.78 is 0. The van der Waals surface area contributed by atoms with Crippen LogP contribution in [0.2, 0.25) is 0 Å². The zero-order valence-corrected chi connectivity index (χ0v) is 17.1. The lowest BCUT2D eigenvalue weighted by Gasteiger charge is -2.34. The molecule has 0 radical (unpaired) electrons. The van der Waals surface area contributed by atoms with Crippen molar-refractivity contribution in [3.05, 3.63) is 69.8 Å². The number of carbonyl (C=O) groups excluding carboxylic acids is 2. The third kappa shape index (κ3) is 5.21. The number of likely N-dealkylation sites (tertiary alicyclic amines) is 1. The molecule has 0 aliphatic carbocycles. The van der Waals surface area contributed by atoms with E-state index in [0.29, 0.717) is 13.1 Å². The fourth-order valence-corrected chi connectivity index (χ4v) is 3.67. The molecule has 0 bridgehead atoms. The van der Waals surface area contributed by atoms with Gasteiger partial charge in [0.05, 0.1) is 4.92 Å². The number of nitrogens with zero attached hydrogens (tertiary/aromatic N) is 2. The number of amides is 2. The minimum Gasteiger partial charge on any atom is -0.343 e. The maximum absolute atomic E-state index is 13.2.